The van der Waals surface area contributed by atoms with Crippen molar-refractivity contribution >= 4 is 0 Å². The minimum atomic E-state index is -0.835. The normalized spacial score (nSPS) is 17.5. The van der Waals surface area contributed by atoms with Gasteiger partial charge in [-0.15, -0.1) is 0 Å². The van der Waals surface area contributed by atoms with Gasteiger partial charge < -0.3 is 9.47 Å². The molecular formula is C35H41F3O2. The SMILES string of the molecule is CC=CCCCc1ccc(-c2ccc(-c3ccc(C4OCC(CCCCCCC)CO4)c(F)c3)cc2)c(F)c1F. The Balaban J connectivity index is 1.36. The second-order valence-corrected chi connectivity index (χ2v) is 10.7. The summed E-state index contributed by atoms with van der Waals surface area (Å²) in [6, 6.07) is 15.4. The lowest BCUT2D eigenvalue weighted by molar-refractivity contribution is -0.207. The summed E-state index contributed by atoms with van der Waals surface area (Å²) in [6.07, 6.45) is 12.6. The van der Waals surface area contributed by atoms with Crippen LogP contribution in [-0.2, 0) is 15.9 Å². The Hall–Kier alpha value is -2.89. The second-order valence-electron chi connectivity index (χ2n) is 10.7. The fraction of sp³-hybridized carbons (Fsp3) is 0.429. The van der Waals surface area contributed by atoms with E-state index in [0.29, 0.717) is 47.8 Å². The Morgan fingerprint density at radius 3 is 2.17 bits per heavy atom. The van der Waals surface area contributed by atoms with Crippen LogP contribution in [0.3, 0.4) is 0 Å². The van der Waals surface area contributed by atoms with Gasteiger partial charge in [-0.2, -0.15) is 0 Å². The molecule has 0 aromatic heterocycles. The van der Waals surface area contributed by atoms with Crippen LogP contribution in [-0.4, -0.2) is 13.2 Å². The molecule has 1 saturated heterocycles. The molecule has 0 N–H and O–H groups in total. The van der Waals surface area contributed by atoms with Gasteiger partial charge in [0.15, 0.2) is 17.9 Å². The lowest BCUT2D eigenvalue weighted by atomic mass is 9.97. The first-order valence-corrected chi connectivity index (χ1v) is 14.7. The monoisotopic (exact) mass is 550 g/mol. The van der Waals surface area contributed by atoms with Crippen LogP contribution in [0.5, 0.6) is 0 Å². The Morgan fingerprint density at radius 1 is 0.775 bits per heavy atom. The highest BCUT2D eigenvalue weighted by molar-refractivity contribution is 5.71. The fourth-order valence-electron chi connectivity index (χ4n) is 5.25. The molecule has 40 heavy (non-hydrogen) atoms. The summed E-state index contributed by atoms with van der Waals surface area (Å²) in [5.41, 5.74) is 3.04. The van der Waals surface area contributed by atoms with E-state index in [1.54, 1.807) is 42.5 Å². The van der Waals surface area contributed by atoms with Crippen LogP contribution >= 0.6 is 0 Å². The summed E-state index contributed by atoms with van der Waals surface area (Å²) < 4.78 is 56.4. The zero-order valence-electron chi connectivity index (χ0n) is 23.7. The maximum absolute atomic E-state index is 15.1. The van der Waals surface area contributed by atoms with E-state index in [2.05, 4.69) is 6.92 Å². The lowest BCUT2D eigenvalue weighted by Gasteiger charge is -2.30. The van der Waals surface area contributed by atoms with Gasteiger partial charge in [-0.25, -0.2) is 13.2 Å². The highest BCUT2D eigenvalue weighted by Gasteiger charge is 2.25. The summed E-state index contributed by atoms with van der Waals surface area (Å²) in [4.78, 5) is 0. The largest absolute Gasteiger partial charge is 0.348 e. The van der Waals surface area contributed by atoms with E-state index < -0.39 is 17.9 Å². The Bertz CT molecular complexity index is 1240. The van der Waals surface area contributed by atoms with Crippen molar-refractivity contribution in [3.63, 3.8) is 0 Å². The maximum atomic E-state index is 15.1. The molecule has 3 aromatic carbocycles. The van der Waals surface area contributed by atoms with E-state index in [0.717, 1.165) is 24.8 Å². The molecule has 214 valence electrons. The molecular weight excluding hydrogens is 509 g/mol. The molecule has 0 saturated carbocycles. The number of unbranched alkanes of at least 4 members (excludes halogenated alkanes) is 5. The molecule has 0 spiro atoms. The highest BCUT2D eigenvalue weighted by Crippen LogP contribution is 2.33. The van der Waals surface area contributed by atoms with Crippen LogP contribution in [0.25, 0.3) is 22.3 Å². The van der Waals surface area contributed by atoms with Gasteiger partial charge in [0.25, 0.3) is 0 Å². The number of halogens is 3. The van der Waals surface area contributed by atoms with Gasteiger partial charge in [-0.05, 0) is 60.9 Å². The molecule has 0 unspecified atom stereocenters. The van der Waals surface area contributed by atoms with Gasteiger partial charge in [0.2, 0.25) is 0 Å². The van der Waals surface area contributed by atoms with Crippen molar-refractivity contribution in [3.05, 3.63) is 95.3 Å². The molecule has 0 amide bonds. The molecule has 3 aromatic rings. The quantitative estimate of drug-likeness (QED) is 0.156. The third-order valence-corrected chi connectivity index (χ3v) is 7.68. The van der Waals surface area contributed by atoms with Crippen molar-refractivity contribution in [2.75, 3.05) is 13.2 Å². The molecule has 1 fully saturated rings. The summed E-state index contributed by atoms with van der Waals surface area (Å²) in [7, 11) is 0. The summed E-state index contributed by atoms with van der Waals surface area (Å²) in [6.45, 7) is 5.31. The minimum Gasteiger partial charge on any atom is -0.348 e. The molecule has 0 aliphatic carbocycles. The van der Waals surface area contributed by atoms with Crippen molar-refractivity contribution < 1.29 is 22.6 Å². The molecule has 0 bridgehead atoms. The van der Waals surface area contributed by atoms with Crippen LogP contribution in [0.1, 0.15) is 82.6 Å². The van der Waals surface area contributed by atoms with Crippen molar-refractivity contribution in [1.29, 1.82) is 0 Å². The zero-order valence-corrected chi connectivity index (χ0v) is 23.7. The van der Waals surface area contributed by atoms with Crippen LogP contribution in [0, 0.1) is 23.4 Å². The fourth-order valence-corrected chi connectivity index (χ4v) is 5.25. The number of aryl methyl sites for hydroxylation is 1. The van der Waals surface area contributed by atoms with Crippen molar-refractivity contribution in [1.82, 2.24) is 0 Å². The van der Waals surface area contributed by atoms with Gasteiger partial charge in [0.05, 0.1) is 13.2 Å². The van der Waals surface area contributed by atoms with E-state index in [1.807, 2.05) is 25.1 Å². The van der Waals surface area contributed by atoms with Gasteiger partial charge in [-0.1, -0.05) is 99.7 Å². The number of hydrogen-bond donors (Lipinski definition) is 0. The summed E-state index contributed by atoms with van der Waals surface area (Å²) in [5, 5.41) is 0. The topological polar surface area (TPSA) is 18.5 Å². The van der Waals surface area contributed by atoms with Crippen molar-refractivity contribution in [2.45, 2.75) is 77.9 Å². The molecule has 0 radical (unpaired) electrons. The third kappa shape index (κ3) is 7.86. The lowest BCUT2D eigenvalue weighted by Crippen LogP contribution is -2.27. The van der Waals surface area contributed by atoms with E-state index in [9.17, 15) is 8.78 Å². The smallest absolute Gasteiger partial charge is 0.186 e. The first-order chi connectivity index (χ1) is 19.5. The van der Waals surface area contributed by atoms with Gasteiger partial charge >= 0.3 is 0 Å². The average molecular weight is 551 g/mol. The average Bonchev–Trinajstić information content (AvgIpc) is 2.98. The highest BCUT2D eigenvalue weighted by atomic mass is 19.2. The van der Waals surface area contributed by atoms with Crippen molar-refractivity contribution in [3.8, 4) is 22.3 Å². The standard InChI is InChI=1S/C35H41F3O2/c1-3-5-7-9-10-12-25-23-39-35(40-24-25)31-21-19-29(22-32(31)36)26-14-16-27(17-15-26)30-20-18-28(33(37)34(30)38)13-11-8-6-4-2/h4,6,14-22,25,35H,3,5,7-13,23-24H2,1-2H3. The molecule has 0 atom stereocenters. The van der Waals surface area contributed by atoms with E-state index in [1.165, 1.54) is 38.2 Å². The van der Waals surface area contributed by atoms with Gasteiger partial charge in [0, 0.05) is 17.0 Å². The van der Waals surface area contributed by atoms with E-state index in [-0.39, 0.29) is 11.4 Å². The molecule has 4 rings (SSSR count). The summed E-state index contributed by atoms with van der Waals surface area (Å²) >= 11 is 0. The number of allylic oxidation sites excluding steroid dienone is 2. The third-order valence-electron chi connectivity index (χ3n) is 7.68. The predicted octanol–water partition coefficient (Wildman–Crippen LogP) is 10.4. The van der Waals surface area contributed by atoms with Crippen LogP contribution in [0.2, 0.25) is 0 Å². The van der Waals surface area contributed by atoms with E-state index >= 15 is 4.39 Å². The number of ether oxygens (including phenoxy) is 2. The molecule has 1 heterocycles. The van der Waals surface area contributed by atoms with Crippen LogP contribution in [0.4, 0.5) is 13.2 Å². The maximum Gasteiger partial charge on any atom is 0.186 e. The first-order valence-electron chi connectivity index (χ1n) is 14.7. The van der Waals surface area contributed by atoms with Gasteiger partial charge in [0.1, 0.15) is 5.82 Å². The second kappa shape index (κ2) is 15.2. The van der Waals surface area contributed by atoms with Crippen LogP contribution in [0.15, 0.2) is 66.7 Å². The number of hydrogen-bond acceptors (Lipinski definition) is 2. The predicted molar refractivity (Wildman–Crippen MR) is 156 cm³/mol. The zero-order chi connectivity index (χ0) is 28.3. The number of benzene rings is 3. The Morgan fingerprint density at radius 2 is 1.48 bits per heavy atom. The van der Waals surface area contributed by atoms with E-state index in [4.69, 9.17) is 9.47 Å². The first kappa shape index (κ1) is 30.1. The van der Waals surface area contributed by atoms with Crippen LogP contribution < -0.4 is 0 Å². The van der Waals surface area contributed by atoms with Crippen molar-refractivity contribution in [2.24, 2.45) is 5.92 Å². The molecule has 1 aliphatic heterocycles. The molecule has 2 nitrogen and oxygen atoms in total. The molecule has 5 heteroatoms. The Labute approximate surface area is 237 Å². The molecule has 1 aliphatic rings. The minimum absolute atomic E-state index is 0.216. The van der Waals surface area contributed by atoms with Gasteiger partial charge in [-0.3, -0.25) is 0 Å². The summed E-state index contributed by atoms with van der Waals surface area (Å²) in [5.74, 6) is -1.65. The Kier molecular flexibility index (Phi) is 11.4. The number of rotatable bonds is 13.